The Morgan fingerprint density at radius 3 is 2.35 bits per heavy atom. The number of nitrogens with zero attached hydrogens (tertiary/aromatic N) is 1. The molecule has 0 bridgehead atoms. The molecule has 1 aromatic rings. The fraction of sp³-hybridized carbons (Fsp3) is 0.588. The molecule has 0 aliphatic carbocycles. The van der Waals surface area contributed by atoms with Gasteiger partial charge in [0, 0.05) is 12.6 Å². The summed E-state index contributed by atoms with van der Waals surface area (Å²) in [6.07, 6.45) is 0.760. The predicted octanol–water partition coefficient (Wildman–Crippen LogP) is 3.28. The second-order valence-corrected chi connectivity index (χ2v) is 6.89. The first-order valence-electron chi connectivity index (χ1n) is 7.35. The maximum Gasteiger partial charge on any atom is 0.308 e. The lowest BCUT2D eigenvalue weighted by Gasteiger charge is -2.24. The minimum Gasteiger partial charge on any atom is -0.481 e. The summed E-state index contributed by atoms with van der Waals surface area (Å²) >= 11 is 0. The van der Waals surface area contributed by atoms with Gasteiger partial charge < -0.3 is 5.11 Å². The molecule has 1 fully saturated rings. The lowest BCUT2D eigenvalue weighted by atomic mass is 9.87. The molecule has 2 rings (SSSR count). The predicted molar refractivity (Wildman–Crippen MR) is 80.8 cm³/mol. The van der Waals surface area contributed by atoms with Crippen molar-refractivity contribution in [3.63, 3.8) is 0 Å². The zero-order chi connectivity index (χ0) is 14.9. The fourth-order valence-electron chi connectivity index (χ4n) is 2.90. The average molecular weight is 275 g/mol. The molecule has 1 N–H and O–H groups in total. The molecule has 3 heteroatoms. The first-order valence-corrected chi connectivity index (χ1v) is 7.35. The van der Waals surface area contributed by atoms with Crippen LogP contribution in [-0.2, 0) is 16.8 Å². The highest BCUT2D eigenvalue weighted by atomic mass is 16.4. The van der Waals surface area contributed by atoms with Gasteiger partial charge in [0.1, 0.15) is 0 Å². The number of benzene rings is 1. The number of carboxylic acid groups (broad SMARTS) is 1. The molecule has 1 aliphatic heterocycles. The Labute approximate surface area is 121 Å². The molecular formula is C17H25NO2. The smallest absolute Gasteiger partial charge is 0.308 e. The first kappa shape index (κ1) is 15.0. The molecule has 110 valence electrons. The van der Waals surface area contributed by atoms with Crippen LogP contribution in [0.4, 0.5) is 0 Å². The summed E-state index contributed by atoms with van der Waals surface area (Å²) in [6, 6.07) is 8.83. The average Bonchev–Trinajstić information content (AvgIpc) is 2.71. The van der Waals surface area contributed by atoms with Crippen LogP contribution in [0.2, 0.25) is 0 Å². The van der Waals surface area contributed by atoms with E-state index in [4.69, 9.17) is 5.11 Å². The SMILES string of the molecule is CC1C(C(=O)O)CCN1Cc1ccc(C(C)(C)C)cc1. The number of likely N-dealkylation sites (tertiary alicyclic amines) is 1. The van der Waals surface area contributed by atoms with Gasteiger partial charge in [0.15, 0.2) is 0 Å². The zero-order valence-corrected chi connectivity index (χ0v) is 12.9. The van der Waals surface area contributed by atoms with Gasteiger partial charge in [0.2, 0.25) is 0 Å². The van der Waals surface area contributed by atoms with Crippen molar-refractivity contribution in [2.75, 3.05) is 6.54 Å². The van der Waals surface area contributed by atoms with Crippen LogP contribution >= 0.6 is 0 Å². The van der Waals surface area contributed by atoms with Crippen LogP contribution in [0, 0.1) is 5.92 Å². The molecule has 1 saturated heterocycles. The number of hydrogen-bond acceptors (Lipinski definition) is 2. The van der Waals surface area contributed by atoms with Gasteiger partial charge in [-0.3, -0.25) is 9.69 Å². The Bertz CT molecular complexity index is 473. The third kappa shape index (κ3) is 3.21. The van der Waals surface area contributed by atoms with E-state index in [0.29, 0.717) is 0 Å². The molecule has 2 unspecified atom stereocenters. The number of carboxylic acids is 1. The van der Waals surface area contributed by atoms with Crippen molar-refractivity contribution in [3.8, 4) is 0 Å². The molecular weight excluding hydrogens is 250 g/mol. The summed E-state index contributed by atoms with van der Waals surface area (Å²) in [5, 5.41) is 9.17. The van der Waals surface area contributed by atoms with Gasteiger partial charge in [-0.15, -0.1) is 0 Å². The third-order valence-electron chi connectivity index (χ3n) is 4.41. The van der Waals surface area contributed by atoms with Gasteiger partial charge in [-0.2, -0.15) is 0 Å². The third-order valence-corrected chi connectivity index (χ3v) is 4.41. The lowest BCUT2D eigenvalue weighted by Crippen LogP contribution is -2.32. The Balaban J connectivity index is 2.03. The minimum absolute atomic E-state index is 0.120. The quantitative estimate of drug-likeness (QED) is 0.920. The second kappa shape index (κ2) is 5.57. The van der Waals surface area contributed by atoms with Crippen molar-refractivity contribution < 1.29 is 9.90 Å². The van der Waals surface area contributed by atoms with Gasteiger partial charge in [0.25, 0.3) is 0 Å². The minimum atomic E-state index is -0.664. The van der Waals surface area contributed by atoms with Crippen LogP contribution in [0.3, 0.4) is 0 Å². The highest BCUT2D eigenvalue weighted by Gasteiger charge is 2.35. The number of carbonyl (C=O) groups is 1. The summed E-state index contributed by atoms with van der Waals surface area (Å²) < 4.78 is 0. The van der Waals surface area contributed by atoms with E-state index in [1.807, 2.05) is 6.92 Å². The van der Waals surface area contributed by atoms with Crippen molar-refractivity contribution in [1.82, 2.24) is 4.90 Å². The van der Waals surface area contributed by atoms with Crippen LogP contribution in [0.5, 0.6) is 0 Å². The lowest BCUT2D eigenvalue weighted by molar-refractivity contribution is -0.142. The van der Waals surface area contributed by atoms with Gasteiger partial charge >= 0.3 is 5.97 Å². The molecule has 0 amide bonds. The van der Waals surface area contributed by atoms with Crippen LogP contribution in [0.1, 0.15) is 45.2 Å². The van der Waals surface area contributed by atoms with Crippen LogP contribution in [0.25, 0.3) is 0 Å². The Morgan fingerprint density at radius 2 is 1.90 bits per heavy atom. The topological polar surface area (TPSA) is 40.5 Å². The van der Waals surface area contributed by atoms with E-state index in [9.17, 15) is 4.79 Å². The molecule has 2 atom stereocenters. The van der Waals surface area contributed by atoms with Gasteiger partial charge in [-0.25, -0.2) is 0 Å². The standard InChI is InChI=1S/C17H25NO2/c1-12-15(16(19)20)9-10-18(12)11-13-5-7-14(8-6-13)17(2,3)4/h5-8,12,15H,9-11H2,1-4H3,(H,19,20). The highest BCUT2D eigenvalue weighted by Crippen LogP contribution is 2.27. The molecule has 0 radical (unpaired) electrons. The highest BCUT2D eigenvalue weighted by molar-refractivity contribution is 5.71. The van der Waals surface area contributed by atoms with Crippen molar-refractivity contribution >= 4 is 5.97 Å². The molecule has 0 aromatic heterocycles. The number of rotatable bonds is 3. The van der Waals surface area contributed by atoms with E-state index >= 15 is 0 Å². The monoisotopic (exact) mass is 275 g/mol. The first-order chi connectivity index (χ1) is 9.29. The molecule has 3 nitrogen and oxygen atoms in total. The number of aliphatic carboxylic acids is 1. The largest absolute Gasteiger partial charge is 0.481 e. The van der Waals surface area contributed by atoms with Gasteiger partial charge in [-0.1, -0.05) is 45.0 Å². The summed E-state index contributed by atoms with van der Waals surface area (Å²) in [4.78, 5) is 13.4. The van der Waals surface area contributed by atoms with E-state index in [-0.39, 0.29) is 17.4 Å². The van der Waals surface area contributed by atoms with Crippen molar-refractivity contribution in [1.29, 1.82) is 0 Å². The Morgan fingerprint density at radius 1 is 1.30 bits per heavy atom. The Hall–Kier alpha value is -1.35. The second-order valence-electron chi connectivity index (χ2n) is 6.89. The van der Waals surface area contributed by atoms with E-state index in [0.717, 1.165) is 19.5 Å². The summed E-state index contributed by atoms with van der Waals surface area (Å²) in [6.45, 7) is 10.4. The maximum absolute atomic E-state index is 11.1. The molecule has 1 aromatic carbocycles. The fourth-order valence-corrected chi connectivity index (χ4v) is 2.90. The van der Waals surface area contributed by atoms with E-state index in [1.54, 1.807) is 0 Å². The molecule has 20 heavy (non-hydrogen) atoms. The molecule has 1 aliphatic rings. The van der Waals surface area contributed by atoms with Gasteiger partial charge in [-0.05, 0) is 36.4 Å². The van der Waals surface area contributed by atoms with Crippen molar-refractivity contribution in [2.45, 2.75) is 52.1 Å². The summed E-state index contributed by atoms with van der Waals surface area (Å²) in [7, 11) is 0. The normalized spacial score (nSPS) is 24.0. The van der Waals surface area contributed by atoms with Crippen LogP contribution < -0.4 is 0 Å². The molecule has 0 spiro atoms. The summed E-state index contributed by atoms with van der Waals surface area (Å²) in [5.41, 5.74) is 2.77. The maximum atomic E-state index is 11.1. The van der Waals surface area contributed by atoms with Crippen LogP contribution in [0.15, 0.2) is 24.3 Å². The van der Waals surface area contributed by atoms with Crippen molar-refractivity contribution in [2.24, 2.45) is 5.92 Å². The molecule has 1 heterocycles. The van der Waals surface area contributed by atoms with E-state index in [1.165, 1.54) is 11.1 Å². The van der Waals surface area contributed by atoms with Crippen molar-refractivity contribution in [3.05, 3.63) is 35.4 Å². The van der Waals surface area contributed by atoms with E-state index < -0.39 is 5.97 Å². The van der Waals surface area contributed by atoms with Gasteiger partial charge in [0.05, 0.1) is 5.92 Å². The zero-order valence-electron chi connectivity index (χ0n) is 12.9. The van der Waals surface area contributed by atoms with Crippen LogP contribution in [-0.4, -0.2) is 28.6 Å². The molecule has 0 saturated carbocycles. The Kier molecular flexibility index (Phi) is 4.19. The summed E-state index contributed by atoms with van der Waals surface area (Å²) in [5.74, 6) is -0.882. The van der Waals surface area contributed by atoms with E-state index in [2.05, 4.69) is 49.9 Å². The number of hydrogen-bond donors (Lipinski definition) is 1.